The molecule has 0 saturated carbocycles. The summed E-state index contributed by atoms with van der Waals surface area (Å²) in [7, 11) is 0. The van der Waals surface area contributed by atoms with Gasteiger partial charge in [-0.25, -0.2) is 4.39 Å². The number of piperidine rings is 2. The van der Waals surface area contributed by atoms with E-state index < -0.39 is 24.6 Å². The first-order valence-electron chi connectivity index (χ1n) is 14.7. The molecule has 3 heterocycles. The number of carboxylic acid groups (broad SMARTS) is 1. The molecule has 2 atom stereocenters. The molecule has 2 amide bonds. The molecule has 1 aromatic carbocycles. The fraction of sp³-hybridized carbons (Fsp3) is 0.500. The van der Waals surface area contributed by atoms with Crippen molar-refractivity contribution in [3.05, 3.63) is 59.4 Å². The van der Waals surface area contributed by atoms with E-state index in [-0.39, 0.29) is 24.8 Å². The van der Waals surface area contributed by atoms with Crippen molar-refractivity contribution in [1.82, 2.24) is 20.5 Å². The van der Waals surface area contributed by atoms with Crippen molar-refractivity contribution >= 4 is 17.8 Å². The highest BCUT2D eigenvalue weighted by molar-refractivity contribution is 5.82. The highest BCUT2D eigenvalue weighted by atomic mass is 19.1. The van der Waals surface area contributed by atoms with Gasteiger partial charge < -0.3 is 25.4 Å². The summed E-state index contributed by atoms with van der Waals surface area (Å²) >= 11 is 0. The first-order valence-corrected chi connectivity index (χ1v) is 14.7. The van der Waals surface area contributed by atoms with Gasteiger partial charge in [-0.15, -0.1) is 0 Å². The van der Waals surface area contributed by atoms with Crippen LogP contribution >= 0.6 is 0 Å². The Hall–Kier alpha value is -3.97. The zero-order valence-corrected chi connectivity index (χ0v) is 23.8. The number of ether oxygens (including phenoxy) is 1. The van der Waals surface area contributed by atoms with Crippen molar-refractivity contribution in [2.45, 2.75) is 51.0 Å². The van der Waals surface area contributed by atoms with E-state index in [1.165, 1.54) is 6.20 Å². The summed E-state index contributed by atoms with van der Waals surface area (Å²) < 4.78 is 17.5. The van der Waals surface area contributed by atoms with Crippen molar-refractivity contribution in [3.8, 4) is 17.6 Å². The predicted octanol–water partition coefficient (Wildman–Crippen LogP) is 3.48. The molecule has 0 spiro atoms. The Morgan fingerprint density at radius 3 is 2.62 bits per heavy atom. The first-order chi connectivity index (χ1) is 20.4. The number of aliphatic carboxylic acids is 1. The molecule has 42 heavy (non-hydrogen) atoms. The normalized spacial score (nSPS) is 17.9. The Kier molecular flexibility index (Phi) is 11.7. The average Bonchev–Trinajstić information content (AvgIpc) is 3.02. The Morgan fingerprint density at radius 1 is 1.12 bits per heavy atom. The van der Waals surface area contributed by atoms with Crippen LogP contribution in [0.5, 0.6) is 5.75 Å². The van der Waals surface area contributed by atoms with E-state index in [1.807, 2.05) is 0 Å². The lowest BCUT2D eigenvalue weighted by Crippen LogP contribution is -2.46. The number of nitrogens with one attached hydrogen (secondary N) is 2. The third-order valence-corrected chi connectivity index (χ3v) is 7.78. The Balaban J connectivity index is 1.37. The molecule has 0 aliphatic carbocycles. The standard InChI is InChI=1S/C32H39FN4O5/c33-13-17-42-28-8-5-23(6-9-28)3-4-25-18-27(21-35-20-25)29(19-31(39)40)36-32(41)26-2-1-16-37(22-26)30(38)10-7-24-11-14-34-15-12-24/h5-6,8-9,18,20-21,24,26,29,34H,1-2,7,10-17,19,22H2,(H,36,41)(H,39,40)/t26-,29?/m1/s1. The summed E-state index contributed by atoms with van der Waals surface area (Å²) in [4.78, 5) is 43.9. The van der Waals surface area contributed by atoms with Crippen molar-refractivity contribution in [2.24, 2.45) is 11.8 Å². The molecule has 2 aromatic rings. The molecule has 2 aliphatic rings. The molecule has 224 valence electrons. The number of benzene rings is 1. The molecule has 10 heteroatoms. The Bertz CT molecular complexity index is 1270. The average molecular weight is 579 g/mol. The van der Waals surface area contributed by atoms with E-state index in [9.17, 15) is 23.9 Å². The van der Waals surface area contributed by atoms with E-state index in [0.29, 0.717) is 48.7 Å². The van der Waals surface area contributed by atoms with Crippen LogP contribution in [0, 0.1) is 23.7 Å². The minimum Gasteiger partial charge on any atom is -0.491 e. The van der Waals surface area contributed by atoms with Crippen LogP contribution in [0.1, 0.15) is 67.7 Å². The van der Waals surface area contributed by atoms with Gasteiger partial charge in [0.2, 0.25) is 11.8 Å². The van der Waals surface area contributed by atoms with Gasteiger partial charge in [-0.3, -0.25) is 19.4 Å². The van der Waals surface area contributed by atoms with Gasteiger partial charge in [-0.2, -0.15) is 0 Å². The number of carboxylic acids is 1. The number of aromatic nitrogens is 1. The highest BCUT2D eigenvalue weighted by Crippen LogP contribution is 2.24. The molecule has 2 saturated heterocycles. The fourth-order valence-corrected chi connectivity index (χ4v) is 5.44. The zero-order chi connectivity index (χ0) is 29.7. The minimum atomic E-state index is -1.05. The second kappa shape index (κ2) is 15.9. The molecule has 1 unspecified atom stereocenters. The van der Waals surface area contributed by atoms with Crippen LogP contribution < -0.4 is 15.4 Å². The molecule has 9 nitrogen and oxygen atoms in total. The number of rotatable bonds is 11. The van der Waals surface area contributed by atoms with Gasteiger partial charge in [0.05, 0.1) is 18.4 Å². The van der Waals surface area contributed by atoms with Crippen molar-refractivity contribution in [3.63, 3.8) is 0 Å². The van der Waals surface area contributed by atoms with Crippen molar-refractivity contribution in [2.75, 3.05) is 39.5 Å². The summed E-state index contributed by atoms with van der Waals surface area (Å²) in [6, 6.07) is 7.88. The number of pyridine rings is 1. The molecule has 1 aromatic heterocycles. The van der Waals surface area contributed by atoms with Crippen LogP contribution in [0.3, 0.4) is 0 Å². The van der Waals surface area contributed by atoms with Gasteiger partial charge in [0.25, 0.3) is 0 Å². The summed E-state index contributed by atoms with van der Waals surface area (Å²) in [6.07, 6.45) is 7.74. The Morgan fingerprint density at radius 2 is 1.88 bits per heavy atom. The largest absolute Gasteiger partial charge is 0.491 e. The maximum absolute atomic E-state index is 13.3. The Labute approximate surface area is 246 Å². The van der Waals surface area contributed by atoms with Crippen LogP contribution in [0.2, 0.25) is 0 Å². The van der Waals surface area contributed by atoms with Gasteiger partial charge in [0.1, 0.15) is 19.0 Å². The monoisotopic (exact) mass is 578 g/mol. The lowest BCUT2D eigenvalue weighted by molar-refractivity contribution is -0.138. The number of carbonyl (C=O) groups excluding carboxylic acids is 2. The lowest BCUT2D eigenvalue weighted by atomic mass is 9.92. The van der Waals surface area contributed by atoms with E-state index >= 15 is 0 Å². The van der Waals surface area contributed by atoms with E-state index in [2.05, 4.69) is 27.5 Å². The van der Waals surface area contributed by atoms with Gasteiger partial charge in [-0.1, -0.05) is 11.8 Å². The van der Waals surface area contributed by atoms with Gasteiger partial charge in [0.15, 0.2) is 0 Å². The lowest BCUT2D eigenvalue weighted by Gasteiger charge is -2.33. The zero-order valence-electron chi connectivity index (χ0n) is 23.8. The smallest absolute Gasteiger partial charge is 0.305 e. The second-order valence-corrected chi connectivity index (χ2v) is 10.9. The molecule has 0 bridgehead atoms. The molecule has 4 rings (SSSR count). The van der Waals surface area contributed by atoms with Crippen molar-refractivity contribution in [1.29, 1.82) is 0 Å². The maximum Gasteiger partial charge on any atom is 0.305 e. The third-order valence-electron chi connectivity index (χ3n) is 7.78. The number of nitrogens with zero attached hydrogens (tertiary/aromatic N) is 2. The van der Waals surface area contributed by atoms with Gasteiger partial charge >= 0.3 is 5.97 Å². The summed E-state index contributed by atoms with van der Waals surface area (Å²) in [5.74, 6) is 5.55. The third kappa shape index (κ3) is 9.55. The van der Waals surface area contributed by atoms with Gasteiger partial charge in [-0.05, 0) is 87.0 Å². The minimum absolute atomic E-state index is 0.00665. The predicted molar refractivity (Wildman–Crippen MR) is 155 cm³/mol. The van der Waals surface area contributed by atoms with Crippen LogP contribution in [-0.2, 0) is 14.4 Å². The number of hydrogen-bond donors (Lipinski definition) is 3. The number of carbonyl (C=O) groups is 3. The van der Waals surface area contributed by atoms with Crippen LogP contribution in [0.15, 0.2) is 42.7 Å². The van der Waals surface area contributed by atoms with E-state index in [0.717, 1.165) is 44.3 Å². The number of halogens is 1. The molecular formula is C32H39FN4O5. The molecule has 3 N–H and O–H groups in total. The summed E-state index contributed by atoms with van der Waals surface area (Å²) in [5, 5.41) is 15.8. The topological polar surface area (TPSA) is 121 Å². The fourth-order valence-electron chi connectivity index (χ4n) is 5.44. The number of alkyl halides is 1. The van der Waals surface area contributed by atoms with Crippen molar-refractivity contribution < 1.29 is 28.6 Å². The van der Waals surface area contributed by atoms with E-state index in [4.69, 9.17) is 4.74 Å². The molecule has 2 fully saturated rings. The number of amides is 2. The maximum atomic E-state index is 13.3. The second-order valence-electron chi connectivity index (χ2n) is 10.9. The van der Waals surface area contributed by atoms with E-state index in [1.54, 1.807) is 41.4 Å². The summed E-state index contributed by atoms with van der Waals surface area (Å²) in [5.41, 5.74) is 1.83. The van der Waals surface area contributed by atoms with Gasteiger partial charge in [0, 0.05) is 43.0 Å². The molecular weight excluding hydrogens is 539 g/mol. The quantitative estimate of drug-likeness (QED) is 0.349. The first kappa shape index (κ1) is 31.0. The highest BCUT2D eigenvalue weighted by Gasteiger charge is 2.30. The SMILES string of the molecule is O=C(O)CC(NC(=O)[C@@H]1CCCN(C(=O)CCC2CCNCC2)C1)c1cncc(C#Cc2ccc(OCCF)cc2)c1. The summed E-state index contributed by atoms with van der Waals surface area (Å²) in [6.45, 7) is 2.42. The number of likely N-dealkylation sites (tertiary alicyclic amines) is 1. The molecule has 2 aliphatic heterocycles. The van der Waals surface area contributed by atoms with Crippen LogP contribution in [0.25, 0.3) is 0 Å². The number of hydrogen-bond acceptors (Lipinski definition) is 6. The van der Waals surface area contributed by atoms with Crippen LogP contribution in [0.4, 0.5) is 4.39 Å². The molecule has 0 radical (unpaired) electrons. The van der Waals surface area contributed by atoms with Crippen LogP contribution in [-0.4, -0.2) is 72.2 Å².